The molecule has 3 heterocycles. The smallest absolute Gasteiger partial charge is 0.251 e. The van der Waals surface area contributed by atoms with Gasteiger partial charge >= 0.3 is 0 Å². The van der Waals surface area contributed by atoms with Crippen molar-refractivity contribution in [1.82, 2.24) is 30.3 Å². The first-order valence-electron chi connectivity index (χ1n) is 7.22. The van der Waals surface area contributed by atoms with E-state index in [-0.39, 0.29) is 11.9 Å². The molecule has 0 aliphatic heterocycles. The van der Waals surface area contributed by atoms with Gasteiger partial charge in [-0.1, -0.05) is 0 Å². The van der Waals surface area contributed by atoms with Gasteiger partial charge < -0.3 is 10.2 Å². The summed E-state index contributed by atoms with van der Waals surface area (Å²) in [5.41, 5.74) is 2.35. The Morgan fingerprint density at radius 2 is 2.26 bits per heavy atom. The lowest BCUT2D eigenvalue weighted by molar-refractivity contribution is 0.0942. The van der Waals surface area contributed by atoms with E-state index in [4.69, 9.17) is 0 Å². The zero-order valence-corrected chi connectivity index (χ0v) is 14.0. The second-order valence-corrected chi connectivity index (χ2v) is 6.50. The predicted molar refractivity (Wildman–Crippen MR) is 88.6 cm³/mol. The van der Waals surface area contributed by atoms with E-state index >= 15 is 0 Å². The fraction of sp³-hybridized carbons (Fsp3) is 0.333. The van der Waals surface area contributed by atoms with Gasteiger partial charge in [0.05, 0.1) is 6.04 Å². The highest BCUT2D eigenvalue weighted by Gasteiger charge is 2.19. The summed E-state index contributed by atoms with van der Waals surface area (Å²) in [5.74, 6) is -0.128. The second-order valence-electron chi connectivity index (χ2n) is 5.55. The first-order valence-corrected chi connectivity index (χ1v) is 8.10. The van der Waals surface area contributed by atoms with Gasteiger partial charge in [0.15, 0.2) is 5.65 Å². The van der Waals surface area contributed by atoms with Gasteiger partial charge in [-0.3, -0.25) is 4.79 Å². The molecule has 0 bridgehead atoms. The zero-order valence-electron chi connectivity index (χ0n) is 13.2. The molecular weight excluding hydrogens is 312 g/mol. The average Bonchev–Trinajstić information content (AvgIpc) is 3.15. The lowest BCUT2D eigenvalue weighted by Gasteiger charge is -2.24. The molecule has 120 valence electrons. The maximum Gasteiger partial charge on any atom is 0.251 e. The first kappa shape index (κ1) is 15.6. The van der Waals surface area contributed by atoms with Crippen molar-refractivity contribution in [3.8, 4) is 0 Å². The molecule has 0 fully saturated rings. The summed E-state index contributed by atoms with van der Waals surface area (Å²) < 4.78 is 1.52. The summed E-state index contributed by atoms with van der Waals surface area (Å²) in [4.78, 5) is 15.8. The molecule has 23 heavy (non-hydrogen) atoms. The molecule has 3 rings (SSSR count). The average molecular weight is 330 g/mol. The van der Waals surface area contributed by atoms with Gasteiger partial charge in [-0.05, 0) is 60.6 Å². The minimum atomic E-state index is -0.128. The number of amides is 1. The van der Waals surface area contributed by atoms with Gasteiger partial charge in [0.1, 0.15) is 0 Å². The molecule has 7 nitrogen and oxygen atoms in total. The van der Waals surface area contributed by atoms with Gasteiger partial charge in [-0.2, -0.15) is 0 Å². The van der Waals surface area contributed by atoms with Crippen molar-refractivity contribution in [2.45, 2.75) is 13.0 Å². The number of nitrogens with zero attached hydrogens (tertiary/aromatic N) is 5. The van der Waals surface area contributed by atoms with E-state index < -0.39 is 0 Å². The highest BCUT2D eigenvalue weighted by Crippen LogP contribution is 2.26. The minimum Gasteiger partial charge on any atom is -0.350 e. The summed E-state index contributed by atoms with van der Waals surface area (Å²) in [5, 5.41) is 16.3. The fourth-order valence-corrected chi connectivity index (χ4v) is 3.53. The summed E-state index contributed by atoms with van der Waals surface area (Å²) in [6.07, 6.45) is 1.68. The van der Waals surface area contributed by atoms with Gasteiger partial charge in [0.25, 0.3) is 5.91 Å². The molecule has 0 aliphatic rings. The van der Waals surface area contributed by atoms with Crippen molar-refractivity contribution in [3.05, 3.63) is 45.8 Å². The largest absolute Gasteiger partial charge is 0.350 e. The Labute approximate surface area is 137 Å². The number of carbonyl (C=O) groups is 1. The topological polar surface area (TPSA) is 75.4 Å². The number of carbonyl (C=O) groups excluding carboxylic acids is 1. The van der Waals surface area contributed by atoms with Gasteiger partial charge in [-0.25, -0.2) is 4.52 Å². The number of tetrazole rings is 1. The molecule has 3 aromatic rings. The molecule has 0 aromatic carbocycles. The van der Waals surface area contributed by atoms with Crippen LogP contribution in [0.4, 0.5) is 0 Å². The summed E-state index contributed by atoms with van der Waals surface area (Å²) in [7, 11) is 4.04. The maximum absolute atomic E-state index is 12.4. The predicted octanol–water partition coefficient (Wildman–Crippen LogP) is 1.53. The van der Waals surface area contributed by atoms with Gasteiger partial charge in [0.2, 0.25) is 0 Å². The summed E-state index contributed by atoms with van der Waals surface area (Å²) in [6.45, 7) is 2.64. The van der Waals surface area contributed by atoms with Crippen molar-refractivity contribution in [2.75, 3.05) is 20.6 Å². The molecule has 3 aromatic heterocycles. The van der Waals surface area contributed by atoms with Gasteiger partial charge in [-0.15, -0.1) is 16.4 Å². The molecule has 8 heteroatoms. The lowest BCUT2D eigenvalue weighted by atomic mass is 10.1. The van der Waals surface area contributed by atoms with Crippen LogP contribution in [0.5, 0.6) is 0 Å². The number of hydrogen-bond donors (Lipinski definition) is 1. The van der Waals surface area contributed by atoms with Crippen LogP contribution in [-0.4, -0.2) is 51.5 Å². The van der Waals surface area contributed by atoms with Crippen LogP contribution in [-0.2, 0) is 0 Å². The SMILES string of the molecule is Cc1ccsc1[C@H](CNC(=O)c1ccn2nnnc2c1)N(C)C. The van der Waals surface area contributed by atoms with Crippen LogP contribution in [0.15, 0.2) is 29.8 Å². The Kier molecular flexibility index (Phi) is 4.35. The van der Waals surface area contributed by atoms with E-state index in [0.717, 1.165) is 0 Å². The normalized spacial score (nSPS) is 12.7. The molecule has 1 atom stereocenters. The molecule has 0 saturated heterocycles. The van der Waals surface area contributed by atoms with E-state index in [1.165, 1.54) is 15.0 Å². The van der Waals surface area contributed by atoms with E-state index in [1.807, 2.05) is 14.1 Å². The van der Waals surface area contributed by atoms with Crippen LogP contribution < -0.4 is 5.32 Å². The number of hydrogen-bond acceptors (Lipinski definition) is 6. The van der Waals surface area contributed by atoms with Crippen molar-refractivity contribution < 1.29 is 4.79 Å². The number of aryl methyl sites for hydroxylation is 1. The van der Waals surface area contributed by atoms with Crippen molar-refractivity contribution in [2.24, 2.45) is 0 Å². The number of pyridine rings is 1. The minimum absolute atomic E-state index is 0.128. The number of aromatic nitrogens is 4. The van der Waals surface area contributed by atoms with Crippen LogP contribution in [0.25, 0.3) is 5.65 Å². The monoisotopic (exact) mass is 330 g/mol. The van der Waals surface area contributed by atoms with Crippen molar-refractivity contribution in [1.29, 1.82) is 0 Å². The Bertz CT molecular complexity index is 824. The summed E-state index contributed by atoms with van der Waals surface area (Å²) in [6, 6.07) is 5.64. The molecule has 1 amide bonds. The molecule has 0 unspecified atom stereocenters. The standard InChI is InChI=1S/C15H18N6OS/c1-10-5-7-23-14(10)12(20(2)3)9-16-15(22)11-4-6-21-13(8-11)17-18-19-21/h4-8,12H,9H2,1-3H3,(H,16,22)/t12-/m0/s1. The summed E-state index contributed by atoms with van der Waals surface area (Å²) >= 11 is 1.71. The van der Waals surface area contributed by atoms with Crippen LogP contribution in [0.2, 0.25) is 0 Å². The fourth-order valence-electron chi connectivity index (χ4n) is 2.41. The Morgan fingerprint density at radius 1 is 1.43 bits per heavy atom. The molecule has 0 spiro atoms. The van der Waals surface area contributed by atoms with E-state index in [9.17, 15) is 4.79 Å². The molecule has 1 N–H and O–H groups in total. The van der Waals surface area contributed by atoms with Crippen LogP contribution in [0, 0.1) is 6.92 Å². The first-order chi connectivity index (χ1) is 11.1. The Morgan fingerprint density at radius 3 is 2.96 bits per heavy atom. The quantitative estimate of drug-likeness (QED) is 0.768. The van der Waals surface area contributed by atoms with Gasteiger partial charge in [0, 0.05) is 23.2 Å². The van der Waals surface area contributed by atoms with Crippen LogP contribution in [0.3, 0.4) is 0 Å². The highest BCUT2D eigenvalue weighted by atomic mass is 32.1. The lowest BCUT2D eigenvalue weighted by Crippen LogP contribution is -2.34. The highest BCUT2D eigenvalue weighted by molar-refractivity contribution is 7.10. The number of likely N-dealkylation sites (N-methyl/N-ethyl adjacent to an activating group) is 1. The number of rotatable bonds is 5. The second kappa shape index (κ2) is 6.43. The van der Waals surface area contributed by atoms with Crippen molar-refractivity contribution in [3.63, 3.8) is 0 Å². The third kappa shape index (κ3) is 3.22. The van der Waals surface area contributed by atoms with Crippen LogP contribution >= 0.6 is 11.3 Å². The molecule has 0 aliphatic carbocycles. The Hall–Kier alpha value is -2.32. The van der Waals surface area contributed by atoms with Crippen LogP contribution in [0.1, 0.15) is 26.8 Å². The van der Waals surface area contributed by atoms with E-state index in [1.54, 1.807) is 29.7 Å². The molecule has 0 radical (unpaired) electrons. The number of thiophene rings is 1. The third-order valence-corrected chi connectivity index (χ3v) is 4.86. The zero-order chi connectivity index (χ0) is 16.4. The van der Waals surface area contributed by atoms with Crippen molar-refractivity contribution >= 4 is 22.9 Å². The van der Waals surface area contributed by atoms with E-state index in [0.29, 0.717) is 17.8 Å². The number of nitrogens with one attached hydrogen (secondary N) is 1. The maximum atomic E-state index is 12.4. The molecular formula is C15H18N6OS. The van der Waals surface area contributed by atoms with E-state index in [2.05, 4.69) is 44.1 Å². The molecule has 0 saturated carbocycles. The Balaban J connectivity index is 1.72. The number of fused-ring (bicyclic) bond motifs is 1. The third-order valence-electron chi connectivity index (χ3n) is 3.74.